The Morgan fingerprint density at radius 2 is 1.33 bits per heavy atom. The maximum absolute atomic E-state index is 4.63. The van der Waals surface area contributed by atoms with Crippen molar-refractivity contribution >= 4 is 16.6 Å². The van der Waals surface area contributed by atoms with Crippen molar-refractivity contribution < 1.29 is 0 Å². The summed E-state index contributed by atoms with van der Waals surface area (Å²) in [5.41, 5.74) is 6.33. The van der Waals surface area contributed by atoms with Crippen LogP contribution >= 0.6 is 0 Å². The summed E-state index contributed by atoms with van der Waals surface area (Å²) in [5.74, 6) is 0. The van der Waals surface area contributed by atoms with Crippen LogP contribution in [-0.2, 0) is 13.1 Å². The number of anilines is 1. The zero-order chi connectivity index (χ0) is 17.5. The molecule has 1 aliphatic heterocycles. The summed E-state index contributed by atoms with van der Waals surface area (Å²) in [7, 11) is 0. The Bertz CT molecular complexity index is 768. The molecule has 0 fully saturated rings. The lowest BCUT2D eigenvalue weighted by Gasteiger charge is -2.20. The predicted octanol–water partition coefficient (Wildman–Crippen LogP) is 6.12. The molecule has 0 spiro atoms. The van der Waals surface area contributed by atoms with E-state index in [-0.39, 0.29) is 0 Å². The largest absolute Gasteiger partial charge is 0.362 e. The first kappa shape index (κ1) is 18.0. The molecule has 0 radical (unpaired) electrons. The van der Waals surface area contributed by atoms with E-state index in [1.807, 2.05) is 27.7 Å². The first-order valence-electron chi connectivity index (χ1n) is 8.99. The highest BCUT2D eigenvalue weighted by Crippen LogP contribution is 2.33. The second-order valence-corrected chi connectivity index (χ2v) is 5.42. The maximum atomic E-state index is 4.63. The van der Waals surface area contributed by atoms with E-state index in [0.29, 0.717) is 0 Å². The van der Waals surface area contributed by atoms with Crippen molar-refractivity contribution in [2.24, 2.45) is 0 Å². The smallest absolute Gasteiger partial charge is 0.0726 e. The van der Waals surface area contributed by atoms with E-state index in [0.717, 1.165) is 24.3 Å². The van der Waals surface area contributed by atoms with E-state index >= 15 is 0 Å². The normalized spacial score (nSPS) is 12.0. The van der Waals surface area contributed by atoms with Gasteiger partial charge in [0.15, 0.2) is 0 Å². The third kappa shape index (κ3) is 3.59. The van der Waals surface area contributed by atoms with Gasteiger partial charge in [-0.1, -0.05) is 70.2 Å². The molecule has 0 unspecified atom stereocenters. The lowest BCUT2D eigenvalue weighted by Crippen LogP contribution is -2.15. The highest BCUT2D eigenvalue weighted by atomic mass is 15.1. The van der Waals surface area contributed by atoms with E-state index in [1.165, 1.54) is 22.2 Å². The summed E-state index contributed by atoms with van der Waals surface area (Å²) in [4.78, 5) is 7.08. The molecule has 4 rings (SSSR count). The van der Waals surface area contributed by atoms with Crippen LogP contribution in [0.25, 0.3) is 10.9 Å². The zero-order valence-corrected chi connectivity index (χ0v) is 15.5. The van der Waals surface area contributed by atoms with E-state index in [9.17, 15) is 0 Å². The molecule has 0 N–H and O–H groups in total. The monoisotopic (exact) mass is 320 g/mol. The second-order valence-electron chi connectivity index (χ2n) is 5.42. The molecule has 126 valence electrons. The molecule has 3 aromatic rings. The molecule has 1 aliphatic rings. The molecule has 2 nitrogen and oxygen atoms in total. The summed E-state index contributed by atoms with van der Waals surface area (Å²) in [5, 5.41) is 1.24. The minimum absolute atomic E-state index is 0.990. The van der Waals surface area contributed by atoms with Gasteiger partial charge in [-0.15, -0.1) is 0 Å². The molecule has 0 aliphatic carbocycles. The highest BCUT2D eigenvalue weighted by molar-refractivity contribution is 5.92. The molecule has 0 bridgehead atoms. The number of aromatic nitrogens is 1. The van der Waals surface area contributed by atoms with Crippen LogP contribution in [0.4, 0.5) is 5.69 Å². The summed E-state index contributed by atoms with van der Waals surface area (Å²) in [6.07, 6.45) is 0. The van der Waals surface area contributed by atoms with Crippen LogP contribution < -0.4 is 4.90 Å². The second kappa shape index (κ2) is 8.49. The summed E-state index contributed by atoms with van der Waals surface area (Å²) in [6.45, 7) is 12.0. The number of fused-ring (bicyclic) bond motifs is 2. The number of hydrogen-bond acceptors (Lipinski definition) is 2. The molecule has 2 heterocycles. The van der Waals surface area contributed by atoms with Crippen LogP contribution in [0.1, 0.15) is 44.5 Å². The summed E-state index contributed by atoms with van der Waals surface area (Å²) < 4.78 is 0. The molecular formula is C22H28N2. The van der Waals surface area contributed by atoms with Crippen LogP contribution in [0.5, 0.6) is 0 Å². The number of aryl methyl sites for hydroxylation is 1. The van der Waals surface area contributed by atoms with Gasteiger partial charge in [-0.25, -0.2) is 0 Å². The lowest BCUT2D eigenvalue weighted by atomic mass is 10.1. The fourth-order valence-corrected chi connectivity index (χ4v) is 3.05. The number of hydrogen-bond donors (Lipinski definition) is 0. The third-order valence-electron chi connectivity index (χ3n) is 4.00. The summed E-state index contributed by atoms with van der Waals surface area (Å²) in [6, 6.07) is 19.3. The van der Waals surface area contributed by atoms with Gasteiger partial charge in [0.05, 0.1) is 5.52 Å². The van der Waals surface area contributed by atoms with Gasteiger partial charge in [0.1, 0.15) is 0 Å². The molecular weight excluding hydrogens is 292 g/mol. The molecule has 0 saturated carbocycles. The van der Waals surface area contributed by atoms with Crippen LogP contribution in [-0.4, -0.2) is 4.98 Å². The number of nitrogens with zero attached hydrogens (tertiary/aromatic N) is 2. The van der Waals surface area contributed by atoms with Crippen LogP contribution in [0.2, 0.25) is 0 Å². The average Bonchev–Trinajstić information content (AvgIpc) is 3.08. The molecule has 0 saturated heterocycles. The van der Waals surface area contributed by atoms with Gasteiger partial charge >= 0.3 is 0 Å². The lowest BCUT2D eigenvalue weighted by molar-refractivity contribution is 0.883. The highest BCUT2D eigenvalue weighted by Gasteiger charge is 2.20. The van der Waals surface area contributed by atoms with Crippen LogP contribution in [0.15, 0.2) is 54.6 Å². The minimum Gasteiger partial charge on any atom is -0.362 e. The number of para-hydroxylation sites is 1. The van der Waals surface area contributed by atoms with Crippen LogP contribution in [0, 0.1) is 6.92 Å². The summed E-state index contributed by atoms with van der Waals surface area (Å²) >= 11 is 0. The Morgan fingerprint density at radius 1 is 0.792 bits per heavy atom. The predicted molar refractivity (Wildman–Crippen MR) is 106 cm³/mol. The topological polar surface area (TPSA) is 16.1 Å². The maximum Gasteiger partial charge on any atom is 0.0726 e. The van der Waals surface area contributed by atoms with Crippen LogP contribution in [0.3, 0.4) is 0 Å². The Hall–Kier alpha value is -2.35. The van der Waals surface area contributed by atoms with Gasteiger partial charge in [0, 0.05) is 29.9 Å². The first-order valence-corrected chi connectivity index (χ1v) is 8.99. The molecule has 0 amide bonds. The molecule has 24 heavy (non-hydrogen) atoms. The first-order chi connectivity index (χ1) is 11.8. The standard InChI is InChI=1S/C18H16N2.2C2H6/c1-13-10-18(16-8-4-5-9-17(16)19-13)20-11-14-6-2-3-7-15(14)12-20;2*1-2/h2-10H,11-12H2,1H3;2*1-2H3. The Labute approximate surface area is 146 Å². The Balaban J connectivity index is 0.000000487. The van der Waals surface area contributed by atoms with Gasteiger partial charge in [-0.05, 0) is 30.2 Å². The molecule has 1 aromatic heterocycles. The third-order valence-corrected chi connectivity index (χ3v) is 4.00. The van der Waals surface area contributed by atoms with E-state index in [4.69, 9.17) is 0 Å². The fourth-order valence-electron chi connectivity index (χ4n) is 3.05. The Kier molecular flexibility index (Phi) is 6.36. The van der Waals surface area contributed by atoms with Crippen molar-refractivity contribution in [2.75, 3.05) is 4.90 Å². The van der Waals surface area contributed by atoms with Crippen molar-refractivity contribution in [1.29, 1.82) is 0 Å². The zero-order valence-electron chi connectivity index (χ0n) is 15.5. The quantitative estimate of drug-likeness (QED) is 0.537. The van der Waals surface area contributed by atoms with Gasteiger partial charge in [0.2, 0.25) is 0 Å². The number of rotatable bonds is 1. The van der Waals surface area contributed by atoms with E-state index < -0.39 is 0 Å². The van der Waals surface area contributed by atoms with E-state index in [2.05, 4.69) is 71.4 Å². The SMILES string of the molecule is CC.CC.Cc1cc(N2Cc3ccccc3C2)c2ccccc2n1. The molecule has 0 atom stereocenters. The molecule has 2 aromatic carbocycles. The van der Waals surface area contributed by atoms with Gasteiger partial charge < -0.3 is 4.90 Å². The number of benzene rings is 2. The van der Waals surface area contributed by atoms with Crippen molar-refractivity contribution in [2.45, 2.75) is 47.7 Å². The van der Waals surface area contributed by atoms with Crippen molar-refractivity contribution in [3.63, 3.8) is 0 Å². The average molecular weight is 320 g/mol. The van der Waals surface area contributed by atoms with Crippen molar-refractivity contribution in [1.82, 2.24) is 4.98 Å². The fraction of sp³-hybridized carbons (Fsp3) is 0.318. The van der Waals surface area contributed by atoms with Gasteiger partial charge in [-0.2, -0.15) is 0 Å². The molecule has 2 heteroatoms. The van der Waals surface area contributed by atoms with Gasteiger partial charge in [0.25, 0.3) is 0 Å². The Morgan fingerprint density at radius 3 is 1.96 bits per heavy atom. The minimum atomic E-state index is 0.990. The number of pyridine rings is 1. The van der Waals surface area contributed by atoms with Crippen molar-refractivity contribution in [3.8, 4) is 0 Å². The van der Waals surface area contributed by atoms with Crippen molar-refractivity contribution in [3.05, 3.63) is 71.4 Å². The van der Waals surface area contributed by atoms with Gasteiger partial charge in [-0.3, -0.25) is 4.98 Å². The van der Waals surface area contributed by atoms with E-state index in [1.54, 1.807) is 0 Å².